The largest absolute Gasteiger partial charge is 0.455 e. The van der Waals surface area contributed by atoms with E-state index in [0.29, 0.717) is 16.7 Å². The zero-order chi connectivity index (χ0) is 25.4. The first-order valence-electron chi connectivity index (χ1n) is 12.5. The molecule has 5 aromatic rings. The highest BCUT2D eigenvalue weighted by atomic mass is 28.3. The van der Waals surface area contributed by atoms with Crippen molar-refractivity contribution in [3.05, 3.63) is 70.5 Å². The van der Waals surface area contributed by atoms with Gasteiger partial charge in [-0.3, -0.25) is 0 Å². The molecule has 5 rings (SSSR count). The fourth-order valence-corrected chi connectivity index (χ4v) is 6.94. The minimum Gasteiger partial charge on any atom is -0.455 e. The van der Waals surface area contributed by atoms with Crippen LogP contribution in [0.2, 0.25) is 18.6 Å². The third-order valence-electron chi connectivity index (χ3n) is 8.57. The first kappa shape index (κ1) is 23.7. The smallest absolute Gasteiger partial charge is 0.217 e. The van der Waals surface area contributed by atoms with Gasteiger partial charge < -0.3 is 4.42 Å². The van der Waals surface area contributed by atoms with Gasteiger partial charge in [0, 0.05) is 33.9 Å². The number of nitrogens with zero attached hydrogens (tertiary/aromatic N) is 1. The predicted molar refractivity (Wildman–Crippen MR) is 149 cm³/mol. The van der Waals surface area contributed by atoms with Crippen LogP contribution in [-0.4, -0.2) is 8.07 Å². The Morgan fingerprint density at radius 1 is 0.800 bits per heavy atom. The van der Waals surface area contributed by atoms with Crippen molar-refractivity contribution in [3.8, 4) is 11.3 Å². The highest BCUT2D eigenvalue weighted by Gasteiger charge is 2.30. The molecule has 0 saturated heterocycles. The summed E-state index contributed by atoms with van der Waals surface area (Å²) in [5, 5.41) is 4.81. The number of hydrogen-bond acceptors (Lipinski definition) is 1. The van der Waals surface area contributed by atoms with Crippen molar-refractivity contribution in [2.24, 2.45) is 7.05 Å². The van der Waals surface area contributed by atoms with E-state index in [0.717, 1.165) is 27.6 Å². The van der Waals surface area contributed by atoms with Crippen molar-refractivity contribution < 1.29 is 13.4 Å². The molecule has 3 aromatic carbocycles. The molecule has 0 spiro atoms. The molecule has 0 unspecified atom stereocenters. The molecule has 4 heteroatoms. The van der Waals surface area contributed by atoms with E-state index >= 15 is 0 Å². The van der Waals surface area contributed by atoms with Gasteiger partial charge in [0.2, 0.25) is 11.2 Å². The van der Waals surface area contributed by atoms with E-state index in [-0.39, 0.29) is 5.82 Å². The molecule has 0 atom stereocenters. The lowest BCUT2D eigenvalue weighted by atomic mass is 9.94. The van der Waals surface area contributed by atoms with Gasteiger partial charge in [0.05, 0.1) is 13.6 Å². The van der Waals surface area contributed by atoms with E-state index < -0.39 is 8.07 Å². The maximum Gasteiger partial charge on any atom is 0.217 e. The minimum absolute atomic E-state index is 0.234. The fraction of sp³-hybridized carbons (Fsp3) is 0.323. The number of halogens is 1. The van der Waals surface area contributed by atoms with Crippen LogP contribution in [0.4, 0.5) is 4.39 Å². The summed E-state index contributed by atoms with van der Waals surface area (Å²) >= 11 is 0. The van der Waals surface area contributed by atoms with Crippen molar-refractivity contribution in [2.45, 2.75) is 60.2 Å². The fourth-order valence-electron chi connectivity index (χ4n) is 5.25. The summed E-state index contributed by atoms with van der Waals surface area (Å²) in [6.07, 6.45) is 0. The number of pyridine rings is 1. The van der Waals surface area contributed by atoms with Gasteiger partial charge in [-0.25, -0.2) is 4.39 Å². The summed E-state index contributed by atoms with van der Waals surface area (Å²) < 4.78 is 23.1. The molecule has 0 amide bonds. The molecule has 0 aliphatic rings. The van der Waals surface area contributed by atoms with Crippen LogP contribution in [0, 0.1) is 33.5 Å². The maximum absolute atomic E-state index is 14.4. The highest BCUT2D eigenvalue weighted by molar-refractivity contribution is 6.91. The van der Waals surface area contributed by atoms with Gasteiger partial charge in [-0.05, 0) is 74.2 Å². The van der Waals surface area contributed by atoms with E-state index in [2.05, 4.69) is 89.7 Å². The number of furan rings is 1. The number of rotatable bonds is 3. The van der Waals surface area contributed by atoms with Crippen molar-refractivity contribution in [3.63, 3.8) is 0 Å². The molecule has 35 heavy (non-hydrogen) atoms. The van der Waals surface area contributed by atoms with Crippen molar-refractivity contribution in [2.75, 3.05) is 0 Å². The van der Waals surface area contributed by atoms with Crippen molar-refractivity contribution >= 4 is 46.1 Å². The van der Waals surface area contributed by atoms with Gasteiger partial charge >= 0.3 is 0 Å². The van der Waals surface area contributed by atoms with E-state index in [9.17, 15) is 4.39 Å². The number of hydrogen-bond donors (Lipinski definition) is 0. The summed E-state index contributed by atoms with van der Waals surface area (Å²) in [6, 6.07) is 14.9. The van der Waals surface area contributed by atoms with Gasteiger partial charge in [-0.15, -0.1) is 0 Å². The standard InChI is InChI=1S/C31H35FNOSi/c1-17(2)35(8,9)22-10-13-27-24(16-22)19(4)15-28(33(27)7)29-20(5)18(3)14-25-23-11-12-26(32)21(6)30(23)34-31(25)29/h10-17H,1-9H3/q+1. The minimum atomic E-state index is -1.53. The lowest BCUT2D eigenvalue weighted by Gasteiger charge is -2.27. The second-order valence-corrected chi connectivity index (χ2v) is 16.3. The molecular weight excluding hydrogens is 449 g/mol. The number of benzene rings is 3. The van der Waals surface area contributed by atoms with Crippen LogP contribution < -0.4 is 9.75 Å². The molecule has 0 radical (unpaired) electrons. The van der Waals surface area contributed by atoms with Gasteiger partial charge in [-0.2, -0.15) is 4.57 Å². The average Bonchev–Trinajstić information content (AvgIpc) is 3.18. The Morgan fingerprint density at radius 3 is 2.20 bits per heavy atom. The molecular formula is C31H35FNOSi+. The van der Waals surface area contributed by atoms with E-state index in [1.165, 1.54) is 32.8 Å². The topological polar surface area (TPSA) is 17.0 Å². The van der Waals surface area contributed by atoms with Crippen LogP contribution in [0.3, 0.4) is 0 Å². The second-order valence-electron chi connectivity index (χ2n) is 11.1. The average molecular weight is 485 g/mol. The Hall–Kier alpha value is -2.98. The lowest BCUT2D eigenvalue weighted by Crippen LogP contribution is -2.44. The number of fused-ring (bicyclic) bond motifs is 4. The van der Waals surface area contributed by atoms with Crippen LogP contribution in [0.1, 0.15) is 36.1 Å². The first-order valence-corrected chi connectivity index (χ1v) is 15.6. The first-order chi connectivity index (χ1) is 16.4. The molecule has 0 aliphatic heterocycles. The predicted octanol–water partition coefficient (Wildman–Crippen LogP) is 7.93. The van der Waals surface area contributed by atoms with E-state index in [1.807, 2.05) is 6.07 Å². The van der Waals surface area contributed by atoms with E-state index in [4.69, 9.17) is 4.42 Å². The third-order valence-corrected chi connectivity index (χ3v) is 13.3. The Morgan fingerprint density at radius 2 is 1.51 bits per heavy atom. The second kappa shape index (κ2) is 8.02. The SMILES string of the molecule is Cc1cc2c(oc3c(C)c(F)ccc32)c(-c2cc(C)c3cc([Si](C)(C)C(C)C)ccc3[n+]2C)c1C. The third kappa shape index (κ3) is 3.45. The summed E-state index contributed by atoms with van der Waals surface area (Å²) in [5.41, 5.74) is 9.77. The molecule has 0 bridgehead atoms. The van der Waals surface area contributed by atoms with Crippen LogP contribution >= 0.6 is 0 Å². The van der Waals surface area contributed by atoms with Gasteiger partial charge in [-0.1, -0.05) is 38.2 Å². The highest BCUT2D eigenvalue weighted by Crippen LogP contribution is 2.40. The number of aryl methyl sites for hydroxylation is 4. The molecule has 2 nitrogen and oxygen atoms in total. The summed E-state index contributed by atoms with van der Waals surface area (Å²) in [4.78, 5) is 0. The molecule has 0 N–H and O–H groups in total. The monoisotopic (exact) mass is 484 g/mol. The Kier molecular flexibility index (Phi) is 5.44. The van der Waals surface area contributed by atoms with Crippen molar-refractivity contribution in [1.82, 2.24) is 0 Å². The zero-order valence-electron chi connectivity index (χ0n) is 22.4. The summed E-state index contributed by atoms with van der Waals surface area (Å²) in [5.74, 6) is -0.234. The maximum atomic E-state index is 14.4. The normalized spacial score (nSPS) is 12.5. The molecule has 0 aliphatic carbocycles. The zero-order valence-corrected chi connectivity index (χ0v) is 23.4. The van der Waals surface area contributed by atoms with Crippen LogP contribution in [-0.2, 0) is 7.05 Å². The molecule has 2 aromatic heterocycles. The van der Waals surface area contributed by atoms with Crippen molar-refractivity contribution in [1.29, 1.82) is 0 Å². The molecule has 2 heterocycles. The molecule has 0 saturated carbocycles. The number of aromatic nitrogens is 1. The summed E-state index contributed by atoms with van der Waals surface area (Å²) in [7, 11) is 0.613. The van der Waals surface area contributed by atoms with Gasteiger partial charge in [0.15, 0.2) is 0 Å². The lowest BCUT2D eigenvalue weighted by molar-refractivity contribution is -0.633. The van der Waals surface area contributed by atoms with Gasteiger partial charge in [0.1, 0.15) is 24.0 Å². The Bertz CT molecular complexity index is 1660. The van der Waals surface area contributed by atoms with Crippen LogP contribution in [0.15, 0.2) is 46.9 Å². The van der Waals surface area contributed by atoms with Gasteiger partial charge in [0.25, 0.3) is 0 Å². The van der Waals surface area contributed by atoms with E-state index in [1.54, 1.807) is 13.0 Å². The van der Waals surface area contributed by atoms with Crippen LogP contribution in [0.5, 0.6) is 0 Å². The van der Waals surface area contributed by atoms with Crippen LogP contribution in [0.25, 0.3) is 44.1 Å². The molecule has 180 valence electrons. The summed E-state index contributed by atoms with van der Waals surface area (Å²) in [6.45, 7) is 17.9. The quantitative estimate of drug-likeness (QED) is 0.188. The Balaban J connectivity index is 1.84. The molecule has 0 fully saturated rings. The Labute approximate surface area is 208 Å².